The van der Waals surface area contributed by atoms with Crippen LogP contribution in [0.5, 0.6) is 0 Å². The molecule has 0 radical (unpaired) electrons. The Morgan fingerprint density at radius 2 is 1.89 bits per heavy atom. The van der Waals surface area contributed by atoms with Gasteiger partial charge in [-0.15, -0.1) is 0 Å². The molecule has 0 N–H and O–H groups in total. The smallest absolute Gasteiger partial charge is 0.0360 e. The van der Waals surface area contributed by atoms with Gasteiger partial charge < -0.3 is 0 Å². The van der Waals surface area contributed by atoms with Crippen LogP contribution >= 0.6 is 0 Å². The van der Waals surface area contributed by atoms with Gasteiger partial charge in [0.2, 0.25) is 0 Å². The standard InChI is InChI=1S/C9H16/c1-2-9-7-4-3-5-8(9)6-7/h7-9H,2-6H2,1H3. The van der Waals surface area contributed by atoms with Crippen molar-refractivity contribution in [3.05, 3.63) is 0 Å². The van der Waals surface area contributed by atoms with Crippen LogP contribution in [0.25, 0.3) is 0 Å². The molecule has 0 heteroatoms. The molecule has 2 atom stereocenters. The first kappa shape index (κ1) is 5.76. The summed E-state index contributed by atoms with van der Waals surface area (Å²) in [5, 5.41) is 0. The number of hydrogen-bond donors (Lipinski definition) is 0. The van der Waals surface area contributed by atoms with Crippen molar-refractivity contribution in [2.75, 3.05) is 0 Å². The van der Waals surface area contributed by atoms with E-state index >= 15 is 0 Å². The van der Waals surface area contributed by atoms with Crippen LogP contribution < -0.4 is 0 Å². The second-order valence-electron chi connectivity index (χ2n) is 3.76. The van der Waals surface area contributed by atoms with Crippen molar-refractivity contribution >= 4 is 0 Å². The van der Waals surface area contributed by atoms with Crippen LogP contribution in [0.1, 0.15) is 39.0 Å². The van der Waals surface area contributed by atoms with E-state index < -0.39 is 0 Å². The van der Waals surface area contributed by atoms with Crippen LogP contribution in [0.3, 0.4) is 0 Å². The average molecular weight is 124 g/mol. The molecule has 0 saturated heterocycles. The summed E-state index contributed by atoms with van der Waals surface area (Å²) in [4.78, 5) is 0. The second kappa shape index (κ2) is 2.00. The van der Waals surface area contributed by atoms with Crippen LogP contribution in [-0.4, -0.2) is 0 Å². The monoisotopic (exact) mass is 124 g/mol. The van der Waals surface area contributed by atoms with E-state index in [9.17, 15) is 0 Å². The van der Waals surface area contributed by atoms with Crippen molar-refractivity contribution in [2.24, 2.45) is 17.8 Å². The molecule has 0 aromatic carbocycles. The summed E-state index contributed by atoms with van der Waals surface area (Å²) in [6.07, 6.45) is 7.67. The van der Waals surface area contributed by atoms with Crippen LogP contribution in [0, 0.1) is 17.8 Å². The quantitative estimate of drug-likeness (QED) is 0.504. The minimum Gasteiger partial charge on any atom is -0.0651 e. The first-order chi connectivity index (χ1) is 4.42. The van der Waals surface area contributed by atoms with E-state index in [0.717, 1.165) is 17.8 Å². The fraction of sp³-hybridized carbons (Fsp3) is 1.00. The van der Waals surface area contributed by atoms with Crippen molar-refractivity contribution < 1.29 is 0 Å². The Labute approximate surface area is 57.6 Å². The lowest BCUT2D eigenvalue weighted by Gasteiger charge is -2.49. The van der Waals surface area contributed by atoms with E-state index in [0.29, 0.717) is 0 Å². The van der Waals surface area contributed by atoms with Crippen molar-refractivity contribution in [3.63, 3.8) is 0 Å². The van der Waals surface area contributed by atoms with E-state index in [-0.39, 0.29) is 0 Å². The molecule has 3 aliphatic rings. The third kappa shape index (κ3) is 0.720. The van der Waals surface area contributed by atoms with Crippen molar-refractivity contribution in [1.29, 1.82) is 0 Å². The summed E-state index contributed by atoms with van der Waals surface area (Å²) in [7, 11) is 0. The maximum absolute atomic E-state index is 2.36. The van der Waals surface area contributed by atoms with E-state index in [1.165, 1.54) is 12.8 Å². The molecule has 3 saturated carbocycles. The zero-order valence-corrected chi connectivity index (χ0v) is 6.27. The molecule has 9 heavy (non-hydrogen) atoms. The minimum atomic E-state index is 1.15. The van der Waals surface area contributed by atoms with Crippen LogP contribution in [0.2, 0.25) is 0 Å². The molecule has 3 aliphatic carbocycles. The summed E-state index contributed by atoms with van der Waals surface area (Å²) < 4.78 is 0. The zero-order chi connectivity index (χ0) is 6.27. The fourth-order valence-corrected chi connectivity index (χ4v) is 2.90. The van der Waals surface area contributed by atoms with Crippen LogP contribution in [-0.2, 0) is 0 Å². The fourth-order valence-electron chi connectivity index (χ4n) is 2.90. The van der Waals surface area contributed by atoms with Crippen molar-refractivity contribution in [3.8, 4) is 0 Å². The van der Waals surface area contributed by atoms with Gasteiger partial charge in [0.25, 0.3) is 0 Å². The van der Waals surface area contributed by atoms with E-state index in [2.05, 4.69) is 6.92 Å². The van der Waals surface area contributed by atoms with Gasteiger partial charge >= 0.3 is 0 Å². The second-order valence-corrected chi connectivity index (χ2v) is 3.76. The Balaban J connectivity index is 1.97. The first-order valence-electron chi connectivity index (χ1n) is 4.42. The highest BCUT2D eigenvalue weighted by atomic mass is 14.5. The Hall–Kier alpha value is 0. The zero-order valence-electron chi connectivity index (χ0n) is 6.27. The lowest BCUT2D eigenvalue weighted by atomic mass is 9.56. The van der Waals surface area contributed by atoms with Gasteiger partial charge in [0.1, 0.15) is 0 Å². The van der Waals surface area contributed by atoms with Crippen LogP contribution in [0.15, 0.2) is 0 Å². The summed E-state index contributed by atoms with van der Waals surface area (Å²) in [6.45, 7) is 2.36. The molecular formula is C9H16. The summed E-state index contributed by atoms with van der Waals surface area (Å²) in [5.41, 5.74) is 0. The SMILES string of the molecule is CCC1C2CCCC1C2. The van der Waals surface area contributed by atoms with Gasteiger partial charge in [0, 0.05) is 0 Å². The molecule has 3 rings (SSSR count). The summed E-state index contributed by atoms with van der Waals surface area (Å²) in [5.74, 6) is 3.47. The molecule has 0 spiro atoms. The highest BCUT2D eigenvalue weighted by Crippen LogP contribution is 2.51. The molecule has 2 unspecified atom stereocenters. The average Bonchev–Trinajstić information content (AvgIpc) is 1.90. The van der Waals surface area contributed by atoms with Gasteiger partial charge in [-0.05, 0) is 24.2 Å². The molecule has 0 heterocycles. The van der Waals surface area contributed by atoms with Gasteiger partial charge in [-0.25, -0.2) is 0 Å². The summed E-state index contributed by atoms with van der Waals surface area (Å²) in [6, 6.07) is 0. The highest BCUT2D eigenvalue weighted by Gasteiger charge is 2.41. The number of rotatable bonds is 1. The maximum atomic E-state index is 2.36. The van der Waals surface area contributed by atoms with Gasteiger partial charge in [-0.1, -0.05) is 32.6 Å². The molecular weight excluding hydrogens is 108 g/mol. The van der Waals surface area contributed by atoms with Gasteiger partial charge in [0.15, 0.2) is 0 Å². The lowest BCUT2D eigenvalue weighted by molar-refractivity contribution is 0.0119. The molecule has 0 aromatic heterocycles. The Morgan fingerprint density at radius 3 is 2.22 bits per heavy atom. The molecule has 2 bridgehead atoms. The van der Waals surface area contributed by atoms with E-state index in [1.54, 1.807) is 19.3 Å². The summed E-state index contributed by atoms with van der Waals surface area (Å²) >= 11 is 0. The Kier molecular flexibility index (Phi) is 1.28. The predicted molar refractivity (Wildman–Crippen MR) is 39.2 cm³/mol. The Morgan fingerprint density at radius 1 is 1.22 bits per heavy atom. The Bertz CT molecular complexity index is 92.6. The minimum absolute atomic E-state index is 1.15. The maximum Gasteiger partial charge on any atom is -0.0360 e. The highest BCUT2D eigenvalue weighted by molar-refractivity contribution is 4.91. The lowest BCUT2D eigenvalue weighted by Crippen LogP contribution is -2.39. The number of hydrogen-bond acceptors (Lipinski definition) is 0. The third-order valence-corrected chi connectivity index (χ3v) is 3.44. The van der Waals surface area contributed by atoms with Crippen molar-refractivity contribution in [2.45, 2.75) is 39.0 Å². The normalized spacial score (nSPS) is 48.3. The van der Waals surface area contributed by atoms with Gasteiger partial charge in [-0.3, -0.25) is 0 Å². The predicted octanol–water partition coefficient (Wildman–Crippen LogP) is 2.83. The largest absolute Gasteiger partial charge is 0.0651 e. The molecule has 0 amide bonds. The molecule has 0 aromatic rings. The van der Waals surface area contributed by atoms with E-state index in [4.69, 9.17) is 0 Å². The van der Waals surface area contributed by atoms with Crippen LogP contribution in [0.4, 0.5) is 0 Å². The number of fused-ring (bicyclic) bond motifs is 2. The van der Waals surface area contributed by atoms with Crippen molar-refractivity contribution in [1.82, 2.24) is 0 Å². The molecule has 52 valence electrons. The van der Waals surface area contributed by atoms with E-state index in [1.807, 2.05) is 0 Å². The first-order valence-corrected chi connectivity index (χ1v) is 4.42. The molecule has 0 aliphatic heterocycles. The third-order valence-electron chi connectivity index (χ3n) is 3.44. The topological polar surface area (TPSA) is 0 Å². The van der Waals surface area contributed by atoms with Gasteiger partial charge in [0.05, 0.1) is 0 Å². The molecule has 0 nitrogen and oxygen atoms in total. The molecule has 3 fully saturated rings. The van der Waals surface area contributed by atoms with Gasteiger partial charge in [-0.2, -0.15) is 0 Å².